The molecule has 9 aromatic rings. The van der Waals surface area contributed by atoms with Gasteiger partial charge in [-0.25, -0.2) is 0 Å². The quantitative estimate of drug-likeness (QED) is 0.0610. The molecule has 80 heavy (non-hydrogen) atoms. The van der Waals surface area contributed by atoms with Crippen LogP contribution in [0.25, 0.3) is 32.7 Å². The summed E-state index contributed by atoms with van der Waals surface area (Å²) in [7, 11) is 0. The molecule has 0 saturated carbocycles. The van der Waals surface area contributed by atoms with Gasteiger partial charge in [-0.15, -0.1) is 0 Å². The van der Waals surface area contributed by atoms with Gasteiger partial charge in [0.2, 0.25) is 0 Å². The standard InChI is InChI=1S/2C24H29N3O.C20H21N3O/c1-17(2)16-27-12-10-18(11-13-27)22-15-25-23-9-8-20(14-21(22)23)26-24(28)19-6-4-3-5-7-19;1-3-17(2)27-13-11-18(12-14-27)22-16-25-23-10-9-20(15-21(22)23)26-24(28)19-7-5-4-6-8-19;24-20(15-4-2-1-3-5-15)23-16-6-7-19-17(12-16)18(13-22-19)14-8-10-21-11-9-14/h3-9,14-15,17-18,25H,10-13,16H2,1-2H3,(H,26,28);4-10,15-18,25H,3,11-14H2,1-2H3,(H,26,28);1-7,12-14,21-22H,8-11H2,(H,23,24). The van der Waals surface area contributed by atoms with Crippen molar-refractivity contribution in [3.8, 4) is 0 Å². The fourth-order valence-corrected chi connectivity index (χ4v) is 12.0. The second-order valence-corrected chi connectivity index (χ2v) is 22.5. The van der Waals surface area contributed by atoms with E-state index >= 15 is 0 Å². The number of rotatable bonds is 13. The lowest BCUT2D eigenvalue weighted by Crippen LogP contribution is -2.39. The molecule has 3 saturated heterocycles. The number of hydrogen-bond donors (Lipinski definition) is 7. The Bertz CT molecular complexity index is 3450. The van der Waals surface area contributed by atoms with Crippen molar-refractivity contribution >= 4 is 67.5 Å². The molecule has 3 fully saturated rings. The molecule has 0 spiro atoms. The molecule has 7 N–H and O–H groups in total. The molecule has 0 bridgehead atoms. The third kappa shape index (κ3) is 13.8. The monoisotopic (exact) mass is 1070 g/mol. The van der Waals surface area contributed by atoms with Gasteiger partial charge in [-0.1, -0.05) is 75.4 Å². The summed E-state index contributed by atoms with van der Waals surface area (Å²) in [5, 5.41) is 16.2. The second kappa shape index (κ2) is 26.5. The minimum absolute atomic E-state index is 0.0703. The number of aromatic amines is 3. The first-order chi connectivity index (χ1) is 39.1. The number of piperidine rings is 3. The van der Waals surface area contributed by atoms with Crippen LogP contribution in [0.2, 0.25) is 0 Å². The highest BCUT2D eigenvalue weighted by atomic mass is 16.2. The Morgan fingerprint density at radius 1 is 0.475 bits per heavy atom. The molecule has 12 heteroatoms. The molecule has 1 unspecified atom stereocenters. The number of fused-ring (bicyclic) bond motifs is 3. The van der Waals surface area contributed by atoms with Crippen LogP contribution in [0.3, 0.4) is 0 Å². The Kier molecular flexibility index (Phi) is 18.4. The van der Waals surface area contributed by atoms with E-state index in [0.29, 0.717) is 40.5 Å². The molecule has 0 radical (unpaired) electrons. The topological polar surface area (TPSA) is 153 Å². The predicted molar refractivity (Wildman–Crippen MR) is 329 cm³/mol. The van der Waals surface area contributed by atoms with Crippen LogP contribution < -0.4 is 21.3 Å². The van der Waals surface area contributed by atoms with E-state index in [-0.39, 0.29) is 17.7 Å². The first-order valence-electron chi connectivity index (χ1n) is 29.2. The molecule has 6 heterocycles. The molecule has 3 aliphatic heterocycles. The van der Waals surface area contributed by atoms with Gasteiger partial charge in [0.05, 0.1) is 0 Å². The predicted octanol–water partition coefficient (Wildman–Crippen LogP) is 14.5. The van der Waals surface area contributed by atoms with E-state index in [1.54, 1.807) is 0 Å². The van der Waals surface area contributed by atoms with E-state index in [2.05, 4.69) is 123 Å². The Morgan fingerprint density at radius 2 is 0.825 bits per heavy atom. The highest BCUT2D eigenvalue weighted by Gasteiger charge is 2.26. The number of carbonyl (C=O) groups excluding carboxylic acids is 3. The summed E-state index contributed by atoms with van der Waals surface area (Å²) < 4.78 is 0. The van der Waals surface area contributed by atoms with E-state index in [1.165, 1.54) is 84.6 Å². The fourth-order valence-electron chi connectivity index (χ4n) is 12.0. The number of nitrogens with one attached hydrogen (secondary N) is 7. The van der Waals surface area contributed by atoms with Gasteiger partial charge in [-0.3, -0.25) is 14.4 Å². The fraction of sp³-hybridized carbons (Fsp3) is 0.338. The molecular formula is C68H79N9O3. The minimum atomic E-state index is -0.0751. The zero-order valence-corrected chi connectivity index (χ0v) is 47.0. The van der Waals surface area contributed by atoms with Gasteiger partial charge in [-0.2, -0.15) is 0 Å². The number of nitrogens with zero attached hydrogens (tertiary/aromatic N) is 2. The summed E-state index contributed by atoms with van der Waals surface area (Å²) in [4.78, 5) is 52.7. The van der Waals surface area contributed by atoms with Crippen molar-refractivity contribution in [1.82, 2.24) is 30.1 Å². The maximum atomic E-state index is 12.5. The van der Waals surface area contributed by atoms with Crippen LogP contribution in [0.5, 0.6) is 0 Å². The zero-order chi connectivity index (χ0) is 55.4. The van der Waals surface area contributed by atoms with Crippen molar-refractivity contribution in [1.29, 1.82) is 0 Å². The van der Waals surface area contributed by atoms with Gasteiger partial charge in [-0.05, 0) is 222 Å². The summed E-state index contributed by atoms with van der Waals surface area (Å²) in [6.07, 6.45) is 14.8. The summed E-state index contributed by atoms with van der Waals surface area (Å²) in [5.41, 5.74) is 12.1. The highest BCUT2D eigenvalue weighted by molar-refractivity contribution is 6.07. The smallest absolute Gasteiger partial charge is 0.255 e. The molecule has 12 rings (SSSR count). The third-order valence-corrected chi connectivity index (χ3v) is 16.6. The van der Waals surface area contributed by atoms with Crippen LogP contribution in [-0.2, 0) is 0 Å². The Balaban J connectivity index is 0.000000135. The van der Waals surface area contributed by atoms with E-state index in [4.69, 9.17) is 0 Å². The molecule has 3 aliphatic rings. The zero-order valence-electron chi connectivity index (χ0n) is 47.0. The summed E-state index contributed by atoms with van der Waals surface area (Å²) in [6.45, 7) is 17.2. The lowest BCUT2D eigenvalue weighted by Gasteiger charge is -2.35. The number of amides is 3. The largest absolute Gasteiger partial charge is 0.361 e. The first kappa shape index (κ1) is 55.5. The van der Waals surface area contributed by atoms with Gasteiger partial charge < -0.3 is 46.0 Å². The van der Waals surface area contributed by atoms with E-state index in [0.717, 1.165) is 78.6 Å². The van der Waals surface area contributed by atoms with Crippen LogP contribution in [0.1, 0.15) is 138 Å². The number of anilines is 3. The Hall–Kier alpha value is -7.77. The van der Waals surface area contributed by atoms with Crippen LogP contribution >= 0.6 is 0 Å². The molecule has 12 nitrogen and oxygen atoms in total. The van der Waals surface area contributed by atoms with Crippen molar-refractivity contribution in [2.45, 2.75) is 96.4 Å². The molecular weight excluding hydrogens is 991 g/mol. The van der Waals surface area contributed by atoms with Crippen LogP contribution in [0.15, 0.2) is 164 Å². The molecule has 6 aromatic carbocycles. The van der Waals surface area contributed by atoms with E-state index in [9.17, 15) is 14.4 Å². The lowest BCUT2D eigenvalue weighted by molar-refractivity contribution is 0.101. The van der Waals surface area contributed by atoms with Crippen molar-refractivity contribution in [3.05, 3.63) is 198 Å². The molecule has 0 aliphatic carbocycles. The average Bonchev–Trinajstić information content (AvgIpc) is 4.41. The van der Waals surface area contributed by atoms with Crippen LogP contribution in [0.4, 0.5) is 17.1 Å². The third-order valence-electron chi connectivity index (χ3n) is 16.6. The molecule has 1 atom stereocenters. The van der Waals surface area contributed by atoms with Crippen LogP contribution in [0, 0.1) is 5.92 Å². The van der Waals surface area contributed by atoms with E-state index < -0.39 is 0 Å². The normalized spacial score (nSPS) is 16.2. The maximum Gasteiger partial charge on any atom is 0.255 e. The highest BCUT2D eigenvalue weighted by Crippen LogP contribution is 2.37. The number of aromatic nitrogens is 3. The van der Waals surface area contributed by atoms with Crippen LogP contribution in [-0.4, -0.2) is 94.3 Å². The van der Waals surface area contributed by atoms with Gasteiger partial charge in [0.25, 0.3) is 17.7 Å². The van der Waals surface area contributed by atoms with Crippen molar-refractivity contribution in [3.63, 3.8) is 0 Å². The van der Waals surface area contributed by atoms with Crippen molar-refractivity contribution < 1.29 is 14.4 Å². The number of hydrogen-bond acceptors (Lipinski definition) is 6. The number of benzene rings is 6. The Labute approximate surface area is 471 Å². The lowest BCUT2D eigenvalue weighted by atomic mass is 9.88. The van der Waals surface area contributed by atoms with E-state index in [1.807, 2.05) is 115 Å². The van der Waals surface area contributed by atoms with Gasteiger partial charge >= 0.3 is 0 Å². The summed E-state index contributed by atoms with van der Waals surface area (Å²) >= 11 is 0. The molecule has 414 valence electrons. The van der Waals surface area contributed by atoms with Gasteiger partial charge in [0.15, 0.2) is 0 Å². The minimum Gasteiger partial charge on any atom is -0.361 e. The first-order valence-corrected chi connectivity index (χ1v) is 29.2. The molecule has 3 aromatic heterocycles. The van der Waals surface area contributed by atoms with Crippen molar-refractivity contribution in [2.24, 2.45) is 5.92 Å². The number of carbonyl (C=O) groups is 3. The number of H-pyrrole nitrogens is 3. The maximum absolute atomic E-state index is 12.5. The van der Waals surface area contributed by atoms with Gasteiger partial charge in [0.1, 0.15) is 0 Å². The number of likely N-dealkylation sites (tertiary alicyclic amines) is 2. The Morgan fingerprint density at radius 3 is 1.18 bits per heavy atom. The molecule has 3 amide bonds. The summed E-state index contributed by atoms with van der Waals surface area (Å²) in [6, 6.07) is 47.0. The SMILES string of the molecule is CC(C)CN1CCC(c2c[nH]c3ccc(NC(=O)c4ccccc4)cc23)CC1.CCC(C)N1CCC(c2c[nH]c3ccc(NC(=O)c4ccccc4)cc23)CC1.O=C(Nc1ccc2[nH]cc(C3CCNCC3)c2c1)c1ccccc1. The van der Waals surface area contributed by atoms with Crippen molar-refractivity contribution in [2.75, 3.05) is 61.8 Å². The summed E-state index contributed by atoms with van der Waals surface area (Å²) in [5.74, 6) is 2.25. The van der Waals surface area contributed by atoms with Gasteiger partial charge in [0, 0.05) is 97.6 Å². The average molecular weight is 1070 g/mol. The second-order valence-electron chi connectivity index (χ2n) is 22.5.